The number of anilines is 3. The summed E-state index contributed by atoms with van der Waals surface area (Å²) in [6.07, 6.45) is 0. The van der Waals surface area contributed by atoms with Gasteiger partial charge in [-0.1, -0.05) is 48.2 Å². The lowest BCUT2D eigenvalue weighted by molar-refractivity contribution is 0.0697. The third-order valence-electron chi connectivity index (χ3n) is 4.92. The highest BCUT2D eigenvalue weighted by Gasteiger charge is 2.17. The second-order valence-electron chi connectivity index (χ2n) is 7.36. The van der Waals surface area contributed by atoms with Crippen LogP contribution in [0.2, 0.25) is 0 Å². The van der Waals surface area contributed by atoms with E-state index in [4.69, 9.17) is 0 Å². The number of carboxylic acids is 1. The minimum absolute atomic E-state index is 0.0382. The Labute approximate surface area is 202 Å². The number of carbonyl (C=O) groups excluding carboxylic acids is 1. The first-order valence-electron chi connectivity index (χ1n) is 10.4. The summed E-state index contributed by atoms with van der Waals surface area (Å²) in [6, 6.07) is 28.8. The van der Waals surface area contributed by atoms with Crippen LogP contribution in [-0.2, 0) is 0 Å². The molecule has 0 saturated carbocycles. The molecule has 0 aromatic heterocycles. The molecule has 0 unspecified atom stereocenters. The molecule has 0 aliphatic heterocycles. The van der Waals surface area contributed by atoms with E-state index in [-0.39, 0.29) is 11.3 Å². The van der Waals surface area contributed by atoms with Crippen LogP contribution < -0.4 is 10.6 Å². The number of carboxylic acid groups (broad SMARTS) is 1. The largest absolute Gasteiger partial charge is 0.478 e. The summed E-state index contributed by atoms with van der Waals surface area (Å²) in [5.41, 5.74) is 3.46. The quantitative estimate of drug-likeness (QED) is 0.214. The number of hydrogen-bond donors (Lipinski definition) is 4. The summed E-state index contributed by atoms with van der Waals surface area (Å²) in [4.78, 5) is 25.3. The maximum Gasteiger partial charge on any atom is 0.337 e. The molecule has 0 bridgehead atoms. The van der Waals surface area contributed by atoms with Gasteiger partial charge in [0.05, 0.1) is 22.5 Å². The number of thiol groups is 1. The first kappa shape index (κ1) is 22.7. The van der Waals surface area contributed by atoms with Crippen molar-refractivity contribution in [1.29, 1.82) is 0 Å². The Kier molecular flexibility index (Phi) is 6.97. The molecule has 166 valence electrons. The lowest BCUT2D eigenvalue weighted by Gasteiger charge is -2.14. The molecule has 0 aliphatic carbocycles. The van der Waals surface area contributed by atoms with Crippen LogP contribution in [0, 0.1) is 11.8 Å². The summed E-state index contributed by atoms with van der Waals surface area (Å²) in [5, 5.41) is 15.5. The minimum atomic E-state index is -1.15. The Hall–Kier alpha value is -4.47. The van der Waals surface area contributed by atoms with E-state index in [0.717, 1.165) is 16.8 Å². The van der Waals surface area contributed by atoms with Crippen molar-refractivity contribution in [3.8, 4) is 11.8 Å². The standard InChI is InChI=1S/C28H20N2O3S/c31-27(30-25-16-14-22(34)18-24(25)28(32)33)23-15-13-20(12-11-19-7-3-1-4-8-19)17-26(23)29-21-9-5-2-6-10-21/h1-10,13-18,29,34H,(H,30,31)(H,32,33). The van der Waals surface area contributed by atoms with Crippen LogP contribution in [0.3, 0.4) is 0 Å². The molecule has 4 aromatic carbocycles. The highest BCUT2D eigenvalue weighted by molar-refractivity contribution is 7.80. The Bertz CT molecular complexity index is 1410. The van der Waals surface area contributed by atoms with Gasteiger partial charge in [-0.05, 0) is 60.7 Å². The van der Waals surface area contributed by atoms with Crippen molar-refractivity contribution >= 4 is 41.6 Å². The van der Waals surface area contributed by atoms with Crippen molar-refractivity contribution in [3.63, 3.8) is 0 Å². The van der Waals surface area contributed by atoms with E-state index >= 15 is 0 Å². The van der Waals surface area contributed by atoms with Gasteiger partial charge in [-0.3, -0.25) is 4.79 Å². The van der Waals surface area contributed by atoms with Crippen LogP contribution in [0.15, 0.2) is 102 Å². The van der Waals surface area contributed by atoms with Gasteiger partial charge in [0.1, 0.15) is 0 Å². The van der Waals surface area contributed by atoms with Crippen molar-refractivity contribution in [3.05, 3.63) is 119 Å². The average molecular weight is 465 g/mol. The second-order valence-corrected chi connectivity index (χ2v) is 7.87. The zero-order valence-electron chi connectivity index (χ0n) is 17.9. The number of nitrogens with one attached hydrogen (secondary N) is 2. The number of hydrogen-bond acceptors (Lipinski definition) is 4. The van der Waals surface area contributed by atoms with E-state index in [2.05, 4.69) is 35.1 Å². The van der Waals surface area contributed by atoms with Gasteiger partial charge in [0.2, 0.25) is 0 Å². The number of carbonyl (C=O) groups is 2. The molecule has 0 heterocycles. The topological polar surface area (TPSA) is 78.4 Å². The average Bonchev–Trinajstić information content (AvgIpc) is 2.85. The van der Waals surface area contributed by atoms with E-state index in [1.807, 2.05) is 60.7 Å². The van der Waals surface area contributed by atoms with Crippen molar-refractivity contribution in [1.82, 2.24) is 0 Å². The van der Waals surface area contributed by atoms with Crippen LogP contribution in [0.25, 0.3) is 0 Å². The van der Waals surface area contributed by atoms with Gasteiger partial charge in [0.15, 0.2) is 0 Å². The third kappa shape index (κ3) is 5.66. The second kappa shape index (κ2) is 10.4. The predicted octanol–water partition coefficient (Wildman–Crippen LogP) is 6.07. The van der Waals surface area contributed by atoms with Gasteiger partial charge < -0.3 is 15.7 Å². The monoisotopic (exact) mass is 464 g/mol. The Morgan fingerprint density at radius 2 is 1.38 bits per heavy atom. The lowest BCUT2D eigenvalue weighted by atomic mass is 10.1. The molecule has 4 rings (SSSR count). The molecular weight excluding hydrogens is 444 g/mol. The number of rotatable bonds is 5. The summed E-state index contributed by atoms with van der Waals surface area (Å²) in [5.74, 6) is 4.64. The van der Waals surface area contributed by atoms with Gasteiger partial charge in [-0.15, -0.1) is 12.6 Å². The van der Waals surface area contributed by atoms with Gasteiger partial charge >= 0.3 is 5.97 Å². The van der Waals surface area contributed by atoms with Crippen molar-refractivity contribution in [2.75, 3.05) is 10.6 Å². The van der Waals surface area contributed by atoms with Crippen molar-refractivity contribution in [2.45, 2.75) is 4.90 Å². The van der Waals surface area contributed by atoms with Gasteiger partial charge in [0, 0.05) is 21.7 Å². The molecule has 4 aromatic rings. The third-order valence-corrected chi connectivity index (χ3v) is 5.20. The zero-order chi connectivity index (χ0) is 23.9. The number of para-hydroxylation sites is 1. The number of benzene rings is 4. The van der Waals surface area contributed by atoms with Crippen LogP contribution in [0.5, 0.6) is 0 Å². The lowest BCUT2D eigenvalue weighted by Crippen LogP contribution is -2.16. The van der Waals surface area contributed by atoms with Crippen molar-refractivity contribution in [2.24, 2.45) is 0 Å². The zero-order valence-corrected chi connectivity index (χ0v) is 18.8. The Morgan fingerprint density at radius 3 is 2.09 bits per heavy atom. The fourth-order valence-electron chi connectivity index (χ4n) is 3.27. The van der Waals surface area contributed by atoms with Crippen LogP contribution in [0.4, 0.5) is 17.1 Å². The highest BCUT2D eigenvalue weighted by Crippen LogP contribution is 2.25. The minimum Gasteiger partial charge on any atom is -0.478 e. The first-order valence-corrected chi connectivity index (χ1v) is 10.9. The maximum atomic E-state index is 13.2. The molecule has 0 saturated heterocycles. The summed E-state index contributed by atoms with van der Waals surface area (Å²) in [7, 11) is 0. The van der Waals surface area contributed by atoms with Crippen LogP contribution >= 0.6 is 12.6 Å². The smallest absolute Gasteiger partial charge is 0.337 e. The highest BCUT2D eigenvalue weighted by atomic mass is 32.1. The van der Waals surface area contributed by atoms with E-state index in [0.29, 0.717) is 16.1 Å². The molecule has 3 N–H and O–H groups in total. The molecule has 0 radical (unpaired) electrons. The Morgan fingerprint density at radius 1 is 0.706 bits per heavy atom. The van der Waals surface area contributed by atoms with Gasteiger partial charge in [0.25, 0.3) is 5.91 Å². The van der Waals surface area contributed by atoms with Gasteiger partial charge in [-0.25, -0.2) is 4.79 Å². The van der Waals surface area contributed by atoms with Crippen molar-refractivity contribution < 1.29 is 14.7 Å². The normalized spacial score (nSPS) is 10.0. The number of aromatic carboxylic acids is 1. The molecule has 34 heavy (non-hydrogen) atoms. The molecule has 0 spiro atoms. The van der Waals surface area contributed by atoms with E-state index in [9.17, 15) is 14.7 Å². The molecule has 0 atom stereocenters. The predicted molar refractivity (Wildman–Crippen MR) is 137 cm³/mol. The van der Waals surface area contributed by atoms with Crippen LogP contribution in [-0.4, -0.2) is 17.0 Å². The first-order chi connectivity index (χ1) is 16.5. The van der Waals surface area contributed by atoms with Gasteiger partial charge in [-0.2, -0.15) is 0 Å². The number of amides is 1. The van der Waals surface area contributed by atoms with E-state index in [1.54, 1.807) is 24.3 Å². The van der Waals surface area contributed by atoms with Crippen LogP contribution in [0.1, 0.15) is 31.8 Å². The Balaban J connectivity index is 1.69. The van der Waals surface area contributed by atoms with E-state index in [1.165, 1.54) is 12.1 Å². The molecular formula is C28H20N2O3S. The SMILES string of the molecule is O=C(O)c1cc(S)ccc1NC(=O)c1ccc(C#Cc2ccccc2)cc1Nc1ccccc1. The molecule has 0 aliphatic rings. The molecule has 5 nitrogen and oxygen atoms in total. The summed E-state index contributed by atoms with van der Waals surface area (Å²) >= 11 is 4.19. The molecule has 0 fully saturated rings. The molecule has 1 amide bonds. The summed E-state index contributed by atoms with van der Waals surface area (Å²) in [6.45, 7) is 0. The maximum absolute atomic E-state index is 13.2. The fourth-order valence-corrected chi connectivity index (χ4v) is 3.48. The van der Waals surface area contributed by atoms with E-state index < -0.39 is 11.9 Å². The summed E-state index contributed by atoms with van der Waals surface area (Å²) < 4.78 is 0. The fraction of sp³-hybridized carbons (Fsp3) is 0. The molecule has 6 heteroatoms.